The Hall–Kier alpha value is -5.32. The van der Waals surface area contributed by atoms with Gasteiger partial charge in [0.1, 0.15) is 28.4 Å². The van der Waals surface area contributed by atoms with E-state index in [1.165, 1.54) is 26.4 Å². The van der Waals surface area contributed by atoms with Crippen LogP contribution in [0.2, 0.25) is 0 Å². The molecule has 1 N–H and O–H groups in total. The van der Waals surface area contributed by atoms with Crippen molar-refractivity contribution >= 4 is 38.4 Å². The van der Waals surface area contributed by atoms with Gasteiger partial charge in [-0.3, -0.25) is 14.2 Å². The van der Waals surface area contributed by atoms with E-state index in [-0.39, 0.29) is 51.6 Å². The monoisotopic (exact) mass is 686 g/mol. The van der Waals surface area contributed by atoms with Crippen LogP contribution < -0.4 is 23.8 Å². The predicted molar refractivity (Wildman–Crippen MR) is 165 cm³/mol. The molecule has 0 radical (unpaired) electrons. The van der Waals surface area contributed by atoms with Crippen molar-refractivity contribution in [2.24, 2.45) is 5.92 Å². The fourth-order valence-corrected chi connectivity index (χ4v) is 6.61. The van der Waals surface area contributed by atoms with Crippen LogP contribution in [0.4, 0.5) is 24.7 Å². The van der Waals surface area contributed by atoms with E-state index in [1.807, 2.05) is 11.1 Å². The summed E-state index contributed by atoms with van der Waals surface area (Å²) in [4.78, 5) is 19.1. The SMILES string of the molecule is COc1ccccc1S(=O)(=O)Nc1noc2nc(Cn3cc(N4CCC(C(=O)COc5c(F)ccc(F)c5F)CC4)cn3)cc(OC)c12. The standard InChI is InChI=1S/C31H29F3N6O7S/c1-44-24-5-3-4-6-26(24)48(42,43)38-30-27-25(45-2)13-19(36-31(27)47-37-30)15-40-16-20(14-35-40)39-11-9-18(10-12-39)23(41)17-46-29-22(33)8-7-21(32)28(29)34/h3-8,13-14,16,18H,9-12,15,17H2,1-2H3,(H,37,38). The minimum atomic E-state index is -4.10. The summed E-state index contributed by atoms with van der Waals surface area (Å²) in [5, 5.41) is 8.54. The van der Waals surface area contributed by atoms with Gasteiger partial charge in [0.2, 0.25) is 5.82 Å². The molecule has 0 spiro atoms. The number of halogens is 3. The number of carbonyl (C=O) groups is 1. The molecule has 1 aliphatic rings. The van der Waals surface area contributed by atoms with E-state index in [4.69, 9.17) is 18.7 Å². The minimum absolute atomic E-state index is 0.0491. The number of hydrogen-bond donors (Lipinski definition) is 1. The summed E-state index contributed by atoms with van der Waals surface area (Å²) < 4.78 is 92.5. The zero-order valence-electron chi connectivity index (χ0n) is 25.7. The van der Waals surface area contributed by atoms with Gasteiger partial charge >= 0.3 is 0 Å². The van der Waals surface area contributed by atoms with Crippen LogP contribution in [0.3, 0.4) is 0 Å². The zero-order valence-corrected chi connectivity index (χ0v) is 26.5. The molecule has 6 rings (SSSR count). The smallest absolute Gasteiger partial charge is 0.266 e. The van der Waals surface area contributed by atoms with Gasteiger partial charge in [0, 0.05) is 31.3 Å². The van der Waals surface area contributed by atoms with Gasteiger partial charge in [-0.05, 0) is 37.1 Å². The molecule has 0 saturated carbocycles. The zero-order chi connectivity index (χ0) is 34.0. The van der Waals surface area contributed by atoms with Crippen LogP contribution in [0, 0.1) is 23.4 Å². The van der Waals surface area contributed by atoms with E-state index in [1.54, 1.807) is 29.1 Å². The van der Waals surface area contributed by atoms with Crippen molar-refractivity contribution in [1.82, 2.24) is 19.9 Å². The van der Waals surface area contributed by atoms with Crippen molar-refractivity contribution in [3.05, 3.63) is 78.0 Å². The second kappa shape index (κ2) is 13.4. The number of methoxy groups -OCH3 is 2. The minimum Gasteiger partial charge on any atom is -0.496 e. The van der Waals surface area contributed by atoms with Crippen molar-refractivity contribution in [3.63, 3.8) is 0 Å². The molecule has 0 bridgehead atoms. The molecule has 4 heterocycles. The fraction of sp³-hybridized carbons (Fsp3) is 0.290. The van der Waals surface area contributed by atoms with E-state index < -0.39 is 39.8 Å². The Labute approximate surface area is 272 Å². The van der Waals surface area contributed by atoms with Gasteiger partial charge in [-0.25, -0.2) is 22.2 Å². The van der Waals surface area contributed by atoms with Crippen molar-refractivity contribution in [1.29, 1.82) is 0 Å². The second-order valence-corrected chi connectivity index (χ2v) is 12.5. The average molecular weight is 687 g/mol. The Balaban J connectivity index is 1.09. The van der Waals surface area contributed by atoms with Crippen LogP contribution in [0.1, 0.15) is 18.5 Å². The summed E-state index contributed by atoms with van der Waals surface area (Å²) in [6.07, 6.45) is 4.44. The molecule has 0 unspecified atom stereocenters. The summed E-state index contributed by atoms with van der Waals surface area (Å²) in [5.41, 5.74) is 1.36. The topological polar surface area (TPSA) is 151 Å². The molecule has 2 aromatic carbocycles. The van der Waals surface area contributed by atoms with E-state index in [0.717, 1.165) is 11.8 Å². The Morgan fingerprint density at radius 2 is 1.77 bits per heavy atom. The number of carbonyl (C=O) groups excluding carboxylic acids is 1. The Morgan fingerprint density at radius 3 is 2.52 bits per heavy atom. The number of nitrogens with one attached hydrogen (secondary N) is 1. The molecule has 252 valence electrons. The summed E-state index contributed by atoms with van der Waals surface area (Å²) in [6.45, 7) is 0.693. The Morgan fingerprint density at radius 1 is 1.04 bits per heavy atom. The van der Waals surface area contributed by atoms with E-state index in [2.05, 4.69) is 20.0 Å². The average Bonchev–Trinajstić information content (AvgIpc) is 3.73. The lowest BCUT2D eigenvalue weighted by Crippen LogP contribution is -2.37. The molecule has 1 fully saturated rings. The molecule has 17 heteroatoms. The van der Waals surface area contributed by atoms with Crippen molar-refractivity contribution < 1.29 is 45.1 Å². The summed E-state index contributed by atoms with van der Waals surface area (Å²) in [5.74, 6) is -5.10. The quantitative estimate of drug-likeness (QED) is 0.184. The predicted octanol–water partition coefficient (Wildman–Crippen LogP) is 4.57. The van der Waals surface area contributed by atoms with Gasteiger partial charge < -0.3 is 23.6 Å². The molecule has 0 amide bonds. The van der Waals surface area contributed by atoms with Gasteiger partial charge in [0.15, 0.2) is 29.0 Å². The van der Waals surface area contributed by atoms with Gasteiger partial charge in [-0.15, -0.1) is 0 Å². The number of benzene rings is 2. The number of fused-ring (bicyclic) bond motifs is 1. The highest BCUT2D eigenvalue weighted by Gasteiger charge is 2.28. The highest BCUT2D eigenvalue weighted by Crippen LogP contribution is 2.34. The first kappa shape index (κ1) is 32.6. The van der Waals surface area contributed by atoms with Crippen LogP contribution >= 0.6 is 0 Å². The van der Waals surface area contributed by atoms with Crippen molar-refractivity contribution in [2.45, 2.75) is 24.3 Å². The van der Waals surface area contributed by atoms with Crippen LogP contribution in [-0.4, -0.2) is 68.0 Å². The molecule has 48 heavy (non-hydrogen) atoms. The number of rotatable bonds is 12. The number of pyridine rings is 1. The highest BCUT2D eigenvalue weighted by atomic mass is 32.2. The van der Waals surface area contributed by atoms with Crippen LogP contribution in [0.25, 0.3) is 11.1 Å². The number of ketones is 1. The molecule has 13 nitrogen and oxygen atoms in total. The molecule has 3 aromatic heterocycles. The molecule has 1 saturated heterocycles. The number of anilines is 2. The molecule has 0 atom stereocenters. The number of nitrogens with zero attached hydrogens (tertiary/aromatic N) is 5. The third-order valence-electron chi connectivity index (χ3n) is 7.89. The summed E-state index contributed by atoms with van der Waals surface area (Å²) >= 11 is 0. The first-order valence-electron chi connectivity index (χ1n) is 14.6. The van der Waals surface area contributed by atoms with E-state index >= 15 is 0 Å². The number of ether oxygens (including phenoxy) is 3. The largest absolute Gasteiger partial charge is 0.496 e. The normalized spacial score (nSPS) is 13.9. The number of Topliss-reactive ketones (excluding diaryl/α,β-unsaturated/α-hetero) is 1. The summed E-state index contributed by atoms with van der Waals surface area (Å²) in [6, 6.07) is 9.16. The lowest BCUT2D eigenvalue weighted by molar-refractivity contribution is -0.125. The third kappa shape index (κ3) is 6.58. The number of para-hydroxylation sites is 1. The lowest BCUT2D eigenvalue weighted by Gasteiger charge is -2.31. The first-order chi connectivity index (χ1) is 23.1. The number of hydrogen-bond acceptors (Lipinski definition) is 11. The van der Waals surface area contributed by atoms with Gasteiger partial charge in [-0.1, -0.05) is 17.3 Å². The van der Waals surface area contributed by atoms with Gasteiger partial charge in [0.25, 0.3) is 15.7 Å². The van der Waals surface area contributed by atoms with E-state index in [9.17, 15) is 26.4 Å². The van der Waals surface area contributed by atoms with Gasteiger partial charge in [-0.2, -0.15) is 9.49 Å². The fourth-order valence-electron chi connectivity index (χ4n) is 5.43. The Bertz CT molecular complexity index is 2080. The third-order valence-corrected chi connectivity index (χ3v) is 9.27. The lowest BCUT2D eigenvalue weighted by atomic mass is 9.92. The molecular weight excluding hydrogens is 657 g/mol. The van der Waals surface area contributed by atoms with Crippen LogP contribution in [-0.2, 0) is 21.4 Å². The molecular formula is C31H29F3N6O7S. The first-order valence-corrected chi connectivity index (χ1v) is 16.1. The number of sulfonamides is 1. The number of aromatic nitrogens is 4. The van der Waals surface area contributed by atoms with Gasteiger partial charge in [0.05, 0.1) is 38.3 Å². The van der Waals surface area contributed by atoms with E-state index in [0.29, 0.717) is 37.7 Å². The van der Waals surface area contributed by atoms with Crippen molar-refractivity contribution in [2.75, 3.05) is 43.5 Å². The highest BCUT2D eigenvalue weighted by molar-refractivity contribution is 7.92. The number of piperidine rings is 1. The molecule has 1 aliphatic heterocycles. The van der Waals surface area contributed by atoms with Crippen LogP contribution in [0.5, 0.6) is 17.2 Å². The maximum atomic E-state index is 13.9. The maximum absolute atomic E-state index is 13.9. The van der Waals surface area contributed by atoms with Crippen LogP contribution in [0.15, 0.2) is 64.3 Å². The Kier molecular flexibility index (Phi) is 9.12. The molecule has 5 aromatic rings. The second-order valence-electron chi connectivity index (χ2n) is 10.9. The molecule has 0 aliphatic carbocycles. The van der Waals surface area contributed by atoms with Crippen molar-refractivity contribution in [3.8, 4) is 17.2 Å². The summed E-state index contributed by atoms with van der Waals surface area (Å²) in [7, 11) is -1.31. The maximum Gasteiger partial charge on any atom is 0.266 e.